The number of rotatable bonds is 5. The number of nitrogens with one attached hydrogen (secondary N) is 1. The first kappa shape index (κ1) is 15.1. The van der Waals surface area contributed by atoms with E-state index >= 15 is 0 Å². The minimum Gasteiger partial charge on any atom is -0.325 e. The van der Waals surface area contributed by atoms with E-state index in [0.717, 1.165) is 26.7 Å². The summed E-state index contributed by atoms with van der Waals surface area (Å²) in [6.45, 7) is 1.99. The van der Waals surface area contributed by atoms with Gasteiger partial charge in [-0.2, -0.15) is 0 Å². The average molecular weight is 328 g/mol. The van der Waals surface area contributed by atoms with Crippen molar-refractivity contribution in [1.82, 2.24) is 4.98 Å². The van der Waals surface area contributed by atoms with Crippen molar-refractivity contribution in [2.24, 2.45) is 0 Å². The number of fused-ring (bicyclic) bond motifs is 1. The maximum absolute atomic E-state index is 12.0. The fraction of sp³-hybridized carbons (Fsp3) is 0.176. The van der Waals surface area contributed by atoms with E-state index < -0.39 is 0 Å². The highest BCUT2D eigenvalue weighted by atomic mass is 32.2. The van der Waals surface area contributed by atoms with Crippen LogP contribution in [0, 0.1) is 6.92 Å². The fourth-order valence-corrected chi connectivity index (χ4v) is 3.80. The summed E-state index contributed by atoms with van der Waals surface area (Å²) in [7, 11) is 0. The third-order valence-corrected chi connectivity index (χ3v) is 5.06. The van der Waals surface area contributed by atoms with Crippen LogP contribution in [0.4, 0.5) is 5.69 Å². The van der Waals surface area contributed by atoms with Gasteiger partial charge >= 0.3 is 0 Å². The third kappa shape index (κ3) is 3.87. The fourth-order valence-electron chi connectivity index (χ4n) is 2.15. The molecule has 1 heterocycles. The Morgan fingerprint density at radius 3 is 2.86 bits per heavy atom. The second-order valence-electron chi connectivity index (χ2n) is 4.94. The van der Waals surface area contributed by atoms with E-state index in [2.05, 4.69) is 22.4 Å². The molecule has 2 aromatic carbocycles. The van der Waals surface area contributed by atoms with Crippen molar-refractivity contribution in [2.75, 3.05) is 11.1 Å². The molecule has 1 amide bonds. The molecule has 5 heteroatoms. The van der Waals surface area contributed by atoms with E-state index in [1.807, 2.05) is 43.3 Å². The summed E-state index contributed by atoms with van der Waals surface area (Å²) in [6, 6.07) is 16.0. The Morgan fingerprint density at radius 1 is 1.23 bits per heavy atom. The first-order chi connectivity index (χ1) is 10.7. The van der Waals surface area contributed by atoms with Gasteiger partial charge < -0.3 is 5.32 Å². The Bertz CT molecular complexity index is 784. The van der Waals surface area contributed by atoms with Gasteiger partial charge in [0.1, 0.15) is 0 Å². The molecule has 0 unspecified atom stereocenters. The number of aromatic nitrogens is 1. The maximum Gasteiger partial charge on any atom is 0.234 e. The molecule has 0 atom stereocenters. The average Bonchev–Trinajstić information content (AvgIpc) is 2.87. The van der Waals surface area contributed by atoms with Crippen molar-refractivity contribution in [1.29, 1.82) is 0 Å². The Labute approximate surface area is 137 Å². The summed E-state index contributed by atoms with van der Waals surface area (Å²) in [4.78, 5) is 16.4. The van der Waals surface area contributed by atoms with Crippen LogP contribution in [0.1, 0.15) is 10.6 Å². The molecule has 0 bridgehead atoms. The largest absolute Gasteiger partial charge is 0.325 e. The molecule has 0 spiro atoms. The zero-order chi connectivity index (χ0) is 15.4. The van der Waals surface area contributed by atoms with Gasteiger partial charge in [0.15, 0.2) is 0 Å². The van der Waals surface area contributed by atoms with E-state index in [1.165, 1.54) is 5.56 Å². The predicted molar refractivity (Wildman–Crippen MR) is 95.6 cm³/mol. The normalized spacial score (nSPS) is 10.8. The molecular weight excluding hydrogens is 312 g/mol. The molecule has 0 saturated heterocycles. The molecule has 1 aromatic heterocycles. The smallest absolute Gasteiger partial charge is 0.234 e. The second-order valence-corrected chi connectivity index (χ2v) is 7.16. The molecule has 3 nitrogen and oxygen atoms in total. The molecule has 0 aliphatic carbocycles. The zero-order valence-electron chi connectivity index (χ0n) is 12.2. The first-order valence-corrected chi connectivity index (χ1v) is 8.96. The van der Waals surface area contributed by atoms with Crippen molar-refractivity contribution in [3.63, 3.8) is 0 Å². The lowest BCUT2D eigenvalue weighted by atomic mass is 10.2. The molecule has 3 rings (SSSR count). The van der Waals surface area contributed by atoms with Crippen LogP contribution in [0.15, 0.2) is 48.5 Å². The standard InChI is InChI=1S/C17H16N2OS2/c1-12-18-15-8-7-14(9-16(15)22-12)19-17(20)11-21-10-13-5-3-2-4-6-13/h2-9H,10-11H2,1H3,(H,19,20). The predicted octanol–water partition coefficient (Wildman–Crippen LogP) is 4.48. The number of aryl methyl sites for hydroxylation is 1. The van der Waals surface area contributed by atoms with Gasteiger partial charge in [-0.05, 0) is 30.7 Å². The van der Waals surface area contributed by atoms with Crippen LogP contribution in [0.2, 0.25) is 0 Å². The van der Waals surface area contributed by atoms with Gasteiger partial charge in [-0.15, -0.1) is 23.1 Å². The van der Waals surface area contributed by atoms with Gasteiger partial charge in [0.05, 0.1) is 21.0 Å². The van der Waals surface area contributed by atoms with E-state index in [4.69, 9.17) is 0 Å². The lowest BCUT2D eigenvalue weighted by molar-refractivity contribution is -0.113. The van der Waals surface area contributed by atoms with Gasteiger partial charge in [-0.3, -0.25) is 4.79 Å². The number of carbonyl (C=O) groups is 1. The lowest BCUT2D eigenvalue weighted by Gasteiger charge is -2.05. The van der Waals surface area contributed by atoms with Crippen LogP contribution in [0.3, 0.4) is 0 Å². The van der Waals surface area contributed by atoms with Crippen LogP contribution in [-0.4, -0.2) is 16.6 Å². The second kappa shape index (κ2) is 6.94. The van der Waals surface area contributed by atoms with Crippen molar-refractivity contribution < 1.29 is 4.79 Å². The summed E-state index contributed by atoms with van der Waals surface area (Å²) in [5.41, 5.74) is 3.06. The van der Waals surface area contributed by atoms with Crippen molar-refractivity contribution >= 4 is 44.9 Å². The number of thiazole rings is 1. The summed E-state index contributed by atoms with van der Waals surface area (Å²) < 4.78 is 1.10. The first-order valence-electron chi connectivity index (χ1n) is 6.99. The van der Waals surface area contributed by atoms with E-state index in [0.29, 0.717) is 5.75 Å². The van der Waals surface area contributed by atoms with Crippen LogP contribution < -0.4 is 5.32 Å². The Balaban J connectivity index is 1.54. The highest BCUT2D eigenvalue weighted by molar-refractivity contribution is 7.99. The molecular formula is C17H16N2OS2. The van der Waals surface area contributed by atoms with Crippen molar-refractivity contribution in [2.45, 2.75) is 12.7 Å². The monoisotopic (exact) mass is 328 g/mol. The van der Waals surface area contributed by atoms with Crippen molar-refractivity contribution in [3.8, 4) is 0 Å². The summed E-state index contributed by atoms with van der Waals surface area (Å²) >= 11 is 3.26. The quantitative estimate of drug-likeness (QED) is 0.751. The molecule has 0 aliphatic rings. The van der Waals surface area contributed by atoms with Gasteiger partial charge in [0, 0.05) is 11.4 Å². The Kier molecular flexibility index (Phi) is 4.75. The molecule has 1 N–H and O–H groups in total. The topological polar surface area (TPSA) is 42.0 Å². The number of thioether (sulfide) groups is 1. The Hall–Kier alpha value is -1.85. The number of hydrogen-bond acceptors (Lipinski definition) is 4. The summed E-state index contributed by atoms with van der Waals surface area (Å²) in [6.07, 6.45) is 0. The van der Waals surface area contributed by atoms with Crippen molar-refractivity contribution in [3.05, 3.63) is 59.1 Å². The SMILES string of the molecule is Cc1nc2ccc(NC(=O)CSCc3ccccc3)cc2s1. The van der Waals surface area contributed by atoms with E-state index in [-0.39, 0.29) is 5.91 Å². The van der Waals surface area contributed by atoms with Crippen LogP contribution in [-0.2, 0) is 10.5 Å². The summed E-state index contributed by atoms with van der Waals surface area (Å²) in [5.74, 6) is 1.33. The molecule has 0 fully saturated rings. The van der Waals surface area contributed by atoms with Gasteiger partial charge in [0.2, 0.25) is 5.91 Å². The zero-order valence-corrected chi connectivity index (χ0v) is 13.8. The molecule has 0 aliphatic heterocycles. The minimum absolute atomic E-state index is 0.0292. The van der Waals surface area contributed by atoms with E-state index in [9.17, 15) is 4.79 Å². The third-order valence-electron chi connectivity index (χ3n) is 3.12. The Morgan fingerprint density at radius 2 is 2.05 bits per heavy atom. The minimum atomic E-state index is 0.0292. The molecule has 3 aromatic rings. The number of nitrogens with zero attached hydrogens (tertiary/aromatic N) is 1. The van der Waals surface area contributed by atoms with Crippen LogP contribution in [0.25, 0.3) is 10.2 Å². The highest BCUT2D eigenvalue weighted by Crippen LogP contribution is 2.24. The molecule has 0 radical (unpaired) electrons. The van der Waals surface area contributed by atoms with Crippen LogP contribution in [0.5, 0.6) is 0 Å². The van der Waals surface area contributed by atoms with Crippen LogP contribution >= 0.6 is 23.1 Å². The highest BCUT2D eigenvalue weighted by Gasteiger charge is 2.06. The summed E-state index contributed by atoms with van der Waals surface area (Å²) in [5, 5.41) is 3.99. The number of benzene rings is 2. The number of hydrogen-bond donors (Lipinski definition) is 1. The number of carbonyl (C=O) groups excluding carboxylic acids is 1. The van der Waals surface area contributed by atoms with E-state index in [1.54, 1.807) is 23.1 Å². The van der Waals surface area contributed by atoms with Gasteiger partial charge in [-0.25, -0.2) is 4.98 Å². The number of anilines is 1. The lowest BCUT2D eigenvalue weighted by Crippen LogP contribution is -2.14. The molecule has 112 valence electrons. The van der Waals surface area contributed by atoms with Gasteiger partial charge in [-0.1, -0.05) is 30.3 Å². The maximum atomic E-state index is 12.0. The van der Waals surface area contributed by atoms with Gasteiger partial charge in [0.25, 0.3) is 0 Å². The molecule has 0 saturated carbocycles. The molecule has 22 heavy (non-hydrogen) atoms. The number of amides is 1.